The SMILES string of the molecule is COCCn1c(=O)n(CCc2ccccc2)c(=O)c2c(C(F)(F)F)c(CN3CCCC3=O)sc21. The van der Waals surface area contributed by atoms with Gasteiger partial charge in [-0.05, 0) is 18.4 Å². The second-order valence-corrected chi connectivity index (χ2v) is 9.20. The highest BCUT2D eigenvalue weighted by Gasteiger charge is 2.40. The molecule has 1 aromatic carbocycles. The number of rotatable bonds is 8. The average Bonchev–Trinajstić information content (AvgIpc) is 3.38. The Morgan fingerprint density at radius 2 is 1.79 bits per heavy atom. The molecule has 0 saturated carbocycles. The van der Waals surface area contributed by atoms with Gasteiger partial charge in [0.2, 0.25) is 5.91 Å². The van der Waals surface area contributed by atoms with Gasteiger partial charge < -0.3 is 9.64 Å². The number of hydrogen-bond donors (Lipinski definition) is 0. The summed E-state index contributed by atoms with van der Waals surface area (Å²) in [7, 11) is 1.42. The normalized spacial score (nSPS) is 14.5. The van der Waals surface area contributed by atoms with E-state index in [1.165, 1.54) is 16.6 Å². The van der Waals surface area contributed by atoms with E-state index in [1.54, 1.807) is 0 Å². The fourth-order valence-electron chi connectivity index (χ4n) is 4.23. The summed E-state index contributed by atoms with van der Waals surface area (Å²) in [6.07, 6.45) is -3.64. The Bertz CT molecular complexity index is 1310. The van der Waals surface area contributed by atoms with Crippen molar-refractivity contribution in [1.82, 2.24) is 14.0 Å². The maximum absolute atomic E-state index is 14.3. The minimum atomic E-state index is -4.82. The monoisotopic (exact) mass is 495 g/mol. The smallest absolute Gasteiger partial charge is 0.383 e. The number of fused-ring (bicyclic) bond motifs is 1. The lowest BCUT2D eigenvalue weighted by atomic mass is 10.1. The van der Waals surface area contributed by atoms with E-state index in [2.05, 4.69) is 0 Å². The van der Waals surface area contributed by atoms with E-state index >= 15 is 0 Å². The number of carbonyl (C=O) groups is 1. The van der Waals surface area contributed by atoms with Crippen LogP contribution in [-0.4, -0.2) is 40.2 Å². The van der Waals surface area contributed by atoms with Gasteiger partial charge in [0.05, 0.1) is 30.6 Å². The van der Waals surface area contributed by atoms with Crippen LogP contribution in [0.3, 0.4) is 0 Å². The Morgan fingerprint density at radius 1 is 1.06 bits per heavy atom. The lowest BCUT2D eigenvalue weighted by Crippen LogP contribution is -2.41. The maximum atomic E-state index is 14.3. The Balaban J connectivity index is 1.90. The molecular formula is C23H24F3N3O4S. The molecule has 7 nitrogen and oxygen atoms in total. The Hall–Kier alpha value is -2.92. The average molecular weight is 496 g/mol. The fourth-order valence-corrected chi connectivity index (χ4v) is 5.57. The molecule has 0 atom stereocenters. The molecule has 0 N–H and O–H groups in total. The first kappa shape index (κ1) is 24.2. The molecule has 3 heterocycles. The van der Waals surface area contributed by atoms with Gasteiger partial charge in [-0.3, -0.25) is 18.7 Å². The number of ether oxygens (including phenoxy) is 1. The minimum absolute atomic E-state index is 0.00263. The van der Waals surface area contributed by atoms with Crippen molar-refractivity contribution in [3.05, 3.63) is 67.2 Å². The lowest BCUT2D eigenvalue weighted by molar-refractivity contribution is -0.137. The molecular weight excluding hydrogens is 471 g/mol. The number of benzene rings is 1. The summed E-state index contributed by atoms with van der Waals surface area (Å²) < 4.78 is 49.9. The molecule has 0 aliphatic carbocycles. The summed E-state index contributed by atoms with van der Waals surface area (Å²) in [6, 6.07) is 9.09. The molecule has 1 saturated heterocycles. The van der Waals surface area contributed by atoms with E-state index < -0.39 is 28.4 Å². The van der Waals surface area contributed by atoms with Crippen LogP contribution < -0.4 is 11.2 Å². The summed E-state index contributed by atoms with van der Waals surface area (Å²) in [5.41, 5.74) is -1.85. The number of carbonyl (C=O) groups excluding carboxylic acids is 1. The van der Waals surface area contributed by atoms with Crippen molar-refractivity contribution in [1.29, 1.82) is 0 Å². The first-order chi connectivity index (χ1) is 16.2. The second kappa shape index (κ2) is 9.75. The van der Waals surface area contributed by atoms with E-state index in [0.717, 1.165) is 21.5 Å². The van der Waals surface area contributed by atoms with Crippen molar-refractivity contribution >= 4 is 27.5 Å². The molecule has 0 bridgehead atoms. The number of methoxy groups -OCH3 is 1. The van der Waals surface area contributed by atoms with E-state index in [9.17, 15) is 27.6 Å². The molecule has 2 aromatic heterocycles. The second-order valence-electron chi connectivity index (χ2n) is 8.12. The zero-order chi connectivity index (χ0) is 24.5. The Labute approximate surface area is 197 Å². The van der Waals surface area contributed by atoms with Crippen molar-refractivity contribution in [3.63, 3.8) is 0 Å². The molecule has 3 aromatic rings. The van der Waals surface area contributed by atoms with E-state index in [4.69, 9.17) is 4.74 Å². The van der Waals surface area contributed by atoms with Crippen molar-refractivity contribution in [3.8, 4) is 0 Å². The van der Waals surface area contributed by atoms with Gasteiger partial charge in [-0.1, -0.05) is 30.3 Å². The molecule has 1 aliphatic rings. The third kappa shape index (κ3) is 4.67. The molecule has 0 radical (unpaired) electrons. The molecule has 1 aliphatic heterocycles. The van der Waals surface area contributed by atoms with Gasteiger partial charge in [0.25, 0.3) is 5.56 Å². The zero-order valence-electron chi connectivity index (χ0n) is 18.6. The Morgan fingerprint density at radius 3 is 2.41 bits per heavy atom. The van der Waals surface area contributed by atoms with Crippen molar-refractivity contribution < 1.29 is 22.7 Å². The van der Waals surface area contributed by atoms with Crippen LogP contribution in [0, 0.1) is 0 Å². The molecule has 1 amide bonds. The number of aromatic nitrogens is 2. The zero-order valence-corrected chi connectivity index (χ0v) is 19.4. The summed E-state index contributed by atoms with van der Waals surface area (Å²) in [4.78, 5) is 39.8. The molecule has 0 unspecified atom stereocenters. The largest absolute Gasteiger partial charge is 0.418 e. The number of alkyl halides is 3. The van der Waals surface area contributed by atoms with E-state index in [-0.39, 0.29) is 48.3 Å². The van der Waals surface area contributed by atoms with Crippen LogP contribution in [0.1, 0.15) is 28.8 Å². The van der Waals surface area contributed by atoms with Crippen LogP contribution >= 0.6 is 11.3 Å². The first-order valence-electron chi connectivity index (χ1n) is 10.9. The molecule has 0 spiro atoms. The number of likely N-dealkylation sites (tertiary alicyclic amines) is 1. The predicted molar refractivity (Wildman–Crippen MR) is 122 cm³/mol. The van der Waals surface area contributed by atoms with Crippen LogP contribution in [0.5, 0.6) is 0 Å². The van der Waals surface area contributed by atoms with Crippen LogP contribution in [0.4, 0.5) is 13.2 Å². The highest BCUT2D eigenvalue weighted by Crippen LogP contribution is 2.41. The summed E-state index contributed by atoms with van der Waals surface area (Å²) in [5.74, 6) is -0.220. The number of aryl methyl sites for hydroxylation is 1. The summed E-state index contributed by atoms with van der Waals surface area (Å²) in [6.45, 7) is 0.150. The number of amides is 1. The molecule has 34 heavy (non-hydrogen) atoms. The number of nitrogens with zero attached hydrogens (tertiary/aromatic N) is 3. The standard InChI is InChI=1S/C23H24F3N3O4S/c1-33-13-12-29-21-18(20(31)28(22(29)32)11-9-15-6-3-2-4-7-15)19(23(24,25)26)16(34-21)14-27-10-5-8-17(27)30/h2-4,6-7H,5,8-14H2,1H3. The van der Waals surface area contributed by atoms with Gasteiger partial charge in [0.15, 0.2) is 0 Å². The van der Waals surface area contributed by atoms with Crippen molar-refractivity contribution in [2.45, 2.75) is 45.1 Å². The van der Waals surface area contributed by atoms with Crippen molar-refractivity contribution in [2.75, 3.05) is 20.3 Å². The quantitative estimate of drug-likeness (QED) is 0.481. The van der Waals surface area contributed by atoms with E-state index in [1.807, 2.05) is 30.3 Å². The fraction of sp³-hybridized carbons (Fsp3) is 0.435. The van der Waals surface area contributed by atoms with Crippen LogP contribution in [-0.2, 0) is 41.8 Å². The van der Waals surface area contributed by atoms with Gasteiger partial charge in [-0.25, -0.2) is 4.79 Å². The summed E-state index contributed by atoms with van der Waals surface area (Å²) >= 11 is 0.748. The minimum Gasteiger partial charge on any atom is -0.383 e. The van der Waals surface area contributed by atoms with Crippen LogP contribution in [0.25, 0.3) is 10.2 Å². The van der Waals surface area contributed by atoms with E-state index in [0.29, 0.717) is 19.4 Å². The molecule has 182 valence electrons. The highest BCUT2D eigenvalue weighted by atomic mass is 32.1. The van der Waals surface area contributed by atoms with Crippen LogP contribution in [0.15, 0.2) is 39.9 Å². The van der Waals surface area contributed by atoms with Gasteiger partial charge in [-0.15, -0.1) is 11.3 Å². The van der Waals surface area contributed by atoms with Gasteiger partial charge >= 0.3 is 11.9 Å². The first-order valence-corrected chi connectivity index (χ1v) is 11.7. The van der Waals surface area contributed by atoms with Gasteiger partial charge in [0.1, 0.15) is 4.83 Å². The molecule has 4 rings (SSSR count). The molecule has 11 heteroatoms. The Kier molecular flexibility index (Phi) is 6.94. The lowest BCUT2D eigenvalue weighted by Gasteiger charge is -2.16. The number of halogens is 3. The topological polar surface area (TPSA) is 73.5 Å². The summed E-state index contributed by atoms with van der Waals surface area (Å²) in [5, 5.41) is -0.525. The predicted octanol–water partition coefficient (Wildman–Crippen LogP) is 3.26. The molecule has 1 fully saturated rings. The maximum Gasteiger partial charge on any atom is 0.418 e. The third-order valence-corrected chi connectivity index (χ3v) is 7.10. The van der Waals surface area contributed by atoms with Crippen molar-refractivity contribution in [2.24, 2.45) is 0 Å². The highest BCUT2D eigenvalue weighted by molar-refractivity contribution is 7.18. The van der Waals surface area contributed by atoms with Gasteiger partial charge in [-0.2, -0.15) is 13.2 Å². The van der Waals surface area contributed by atoms with Crippen LogP contribution in [0.2, 0.25) is 0 Å². The third-order valence-electron chi connectivity index (χ3n) is 5.90. The van der Waals surface area contributed by atoms with Gasteiger partial charge in [0, 0.05) is 31.5 Å². The number of hydrogen-bond acceptors (Lipinski definition) is 5. The number of thiophene rings is 1.